The number of carbonyl (C=O) groups is 1. The third-order valence-corrected chi connectivity index (χ3v) is 3.90. The molecule has 0 saturated heterocycles. The SMILES string of the molecule is CCOc1c(/C=N/NC(=O)c2ccc(C(C)(C)C)cc2)cccc1OC. The Bertz CT molecular complexity index is 775. The molecule has 1 N–H and O–H groups in total. The van der Waals surface area contributed by atoms with Gasteiger partial charge in [0.25, 0.3) is 5.91 Å². The van der Waals surface area contributed by atoms with Crippen LogP contribution in [-0.2, 0) is 5.41 Å². The van der Waals surface area contributed by atoms with Gasteiger partial charge in [-0.05, 0) is 42.2 Å². The summed E-state index contributed by atoms with van der Waals surface area (Å²) >= 11 is 0. The molecule has 0 aliphatic rings. The highest BCUT2D eigenvalue weighted by Gasteiger charge is 2.14. The number of hydrogen-bond donors (Lipinski definition) is 1. The summed E-state index contributed by atoms with van der Waals surface area (Å²) in [6, 6.07) is 13.1. The minimum absolute atomic E-state index is 0.0508. The molecule has 0 aromatic heterocycles. The summed E-state index contributed by atoms with van der Waals surface area (Å²) in [6.45, 7) is 8.81. The normalized spacial score (nSPS) is 11.4. The van der Waals surface area contributed by atoms with Gasteiger partial charge < -0.3 is 9.47 Å². The fourth-order valence-corrected chi connectivity index (χ4v) is 2.44. The maximum atomic E-state index is 12.2. The van der Waals surface area contributed by atoms with E-state index in [4.69, 9.17) is 9.47 Å². The minimum atomic E-state index is -0.262. The quantitative estimate of drug-likeness (QED) is 0.626. The molecule has 0 spiro atoms. The van der Waals surface area contributed by atoms with Crippen molar-refractivity contribution in [3.05, 3.63) is 59.2 Å². The second kappa shape index (κ2) is 8.52. The Hall–Kier alpha value is -2.82. The Balaban J connectivity index is 2.10. The van der Waals surface area contributed by atoms with Crippen LogP contribution in [0, 0.1) is 0 Å². The van der Waals surface area contributed by atoms with Crippen LogP contribution >= 0.6 is 0 Å². The van der Waals surface area contributed by atoms with E-state index >= 15 is 0 Å². The number of hydrogen-bond acceptors (Lipinski definition) is 4. The summed E-state index contributed by atoms with van der Waals surface area (Å²) < 4.78 is 10.9. The molecule has 0 saturated carbocycles. The molecule has 0 fully saturated rings. The van der Waals surface area contributed by atoms with Crippen LogP contribution in [0.5, 0.6) is 11.5 Å². The summed E-state index contributed by atoms with van der Waals surface area (Å²) in [7, 11) is 1.59. The first-order chi connectivity index (χ1) is 12.4. The number of para-hydroxylation sites is 1. The van der Waals surface area contributed by atoms with Crippen LogP contribution in [0.15, 0.2) is 47.6 Å². The van der Waals surface area contributed by atoms with E-state index in [9.17, 15) is 4.79 Å². The molecule has 0 atom stereocenters. The standard InChI is InChI=1S/C21H26N2O3/c1-6-26-19-16(8-7-9-18(19)25-5)14-22-23-20(24)15-10-12-17(13-11-15)21(2,3)4/h7-14H,6H2,1-5H3,(H,23,24)/b22-14+. The average molecular weight is 354 g/mol. The van der Waals surface area contributed by atoms with Crippen LogP contribution in [0.25, 0.3) is 0 Å². The van der Waals surface area contributed by atoms with Gasteiger partial charge in [-0.15, -0.1) is 0 Å². The van der Waals surface area contributed by atoms with Crippen LogP contribution in [0.2, 0.25) is 0 Å². The van der Waals surface area contributed by atoms with Crippen molar-refractivity contribution in [2.75, 3.05) is 13.7 Å². The second-order valence-corrected chi connectivity index (χ2v) is 6.84. The third-order valence-electron chi connectivity index (χ3n) is 3.90. The highest BCUT2D eigenvalue weighted by Crippen LogP contribution is 2.30. The molecular formula is C21H26N2O3. The number of nitrogens with zero attached hydrogens (tertiary/aromatic N) is 1. The van der Waals surface area contributed by atoms with Gasteiger partial charge in [0.2, 0.25) is 0 Å². The largest absolute Gasteiger partial charge is 0.493 e. The first-order valence-corrected chi connectivity index (χ1v) is 8.60. The summed E-state index contributed by atoms with van der Waals surface area (Å²) in [4.78, 5) is 12.2. The van der Waals surface area contributed by atoms with Gasteiger partial charge in [-0.3, -0.25) is 4.79 Å². The summed E-state index contributed by atoms with van der Waals surface area (Å²) in [5.74, 6) is 0.965. The highest BCUT2D eigenvalue weighted by molar-refractivity contribution is 5.95. The molecule has 0 radical (unpaired) electrons. The molecule has 0 aliphatic heterocycles. The molecule has 0 unspecified atom stereocenters. The van der Waals surface area contributed by atoms with Crippen LogP contribution in [0.4, 0.5) is 0 Å². The van der Waals surface area contributed by atoms with Gasteiger partial charge in [-0.1, -0.05) is 39.0 Å². The molecule has 2 aromatic carbocycles. The summed E-state index contributed by atoms with van der Waals surface area (Å²) in [6.07, 6.45) is 1.55. The number of hydrazone groups is 1. The van der Waals surface area contributed by atoms with E-state index in [1.807, 2.05) is 49.4 Å². The Morgan fingerprint density at radius 2 is 1.85 bits per heavy atom. The minimum Gasteiger partial charge on any atom is -0.493 e. The molecule has 138 valence electrons. The lowest BCUT2D eigenvalue weighted by Crippen LogP contribution is -2.18. The second-order valence-electron chi connectivity index (χ2n) is 6.84. The average Bonchev–Trinajstić information content (AvgIpc) is 2.62. The number of methoxy groups -OCH3 is 1. The zero-order chi connectivity index (χ0) is 19.2. The van der Waals surface area contributed by atoms with Gasteiger partial charge >= 0.3 is 0 Å². The van der Waals surface area contributed by atoms with Crippen LogP contribution in [-0.4, -0.2) is 25.8 Å². The van der Waals surface area contributed by atoms with E-state index < -0.39 is 0 Å². The Morgan fingerprint density at radius 3 is 2.42 bits per heavy atom. The number of ether oxygens (including phenoxy) is 2. The molecule has 0 heterocycles. The Labute approximate surface area is 155 Å². The lowest BCUT2D eigenvalue weighted by atomic mass is 9.87. The van der Waals surface area contributed by atoms with E-state index in [2.05, 4.69) is 31.3 Å². The maximum absolute atomic E-state index is 12.2. The predicted octanol–water partition coefficient (Wildman–Crippen LogP) is 4.16. The molecule has 5 heteroatoms. The molecule has 5 nitrogen and oxygen atoms in total. The van der Waals surface area contributed by atoms with Crippen molar-refractivity contribution in [3.63, 3.8) is 0 Å². The Kier molecular flexibility index (Phi) is 6.39. The van der Waals surface area contributed by atoms with Gasteiger partial charge in [-0.25, -0.2) is 5.43 Å². The van der Waals surface area contributed by atoms with Crippen LogP contribution < -0.4 is 14.9 Å². The molecule has 2 aromatic rings. The van der Waals surface area contributed by atoms with Gasteiger partial charge in [0.05, 0.1) is 19.9 Å². The van der Waals surface area contributed by atoms with Crippen molar-refractivity contribution in [2.24, 2.45) is 5.10 Å². The van der Waals surface area contributed by atoms with E-state index in [1.54, 1.807) is 13.3 Å². The Morgan fingerprint density at radius 1 is 1.15 bits per heavy atom. The monoisotopic (exact) mass is 354 g/mol. The zero-order valence-corrected chi connectivity index (χ0v) is 16.0. The van der Waals surface area contributed by atoms with Gasteiger partial charge in [-0.2, -0.15) is 5.10 Å². The lowest BCUT2D eigenvalue weighted by molar-refractivity contribution is 0.0955. The number of amides is 1. The summed E-state index contributed by atoms with van der Waals surface area (Å²) in [5.41, 5.74) is 5.07. The van der Waals surface area contributed by atoms with Crippen molar-refractivity contribution in [3.8, 4) is 11.5 Å². The van der Waals surface area contributed by atoms with E-state index in [0.29, 0.717) is 23.7 Å². The number of carbonyl (C=O) groups excluding carboxylic acids is 1. The molecular weight excluding hydrogens is 328 g/mol. The maximum Gasteiger partial charge on any atom is 0.271 e. The molecule has 0 aliphatic carbocycles. The fraction of sp³-hybridized carbons (Fsp3) is 0.333. The fourth-order valence-electron chi connectivity index (χ4n) is 2.44. The van der Waals surface area contributed by atoms with E-state index in [1.165, 1.54) is 5.56 Å². The molecule has 2 rings (SSSR count). The number of benzene rings is 2. The lowest BCUT2D eigenvalue weighted by Gasteiger charge is -2.18. The topological polar surface area (TPSA) is 59.9 Å². The summed E-state index contributed by atoms with van der Waals surface area (Å²) in [5, 5.41) is 4.05. The van der Waals surface area contributed by atoms with Gasteiger partial charge in [0.1, 0.15) is 0 Å². The highest BCUT2D eigenvalue weighted by atomic mass is 16.5. The molecule has 1 amide bonds. The van der Waals surface area contributed by atoms with Crippen molar-refractivity contribution in [1.82, 2.24) is 5.43 Å². The van der Waals surface area contributed by atoms with Crippen molar-refractivity contribution in [2.45, 2.75) is 33.1 Å². The van der Waals surface area contributed by atoms with E-state index in [0.717, 1.165) is 5.56 Å². The van der Waals surface area contributed by atoms with Crippen LogP contribution in [0.3, 0.4) is 0 Å². The first-order valence-electron chi connectivity index (χ1n) is 8.60. The van der Waals surface area contributed by atoms with Crippen LogP contribution in [0.1, 0.15) is 49.2 Å². The number of rotatable bonds is 6. The van der Waals surface area contributed by atoms with Gasteiger partial charge in [0.15, 0.2) is 11.5 Å². The van der Waals surface area contributed by atoms with Crippen molar-refractivity contribution in [1.29, 1.82) is 0 Å². The molecule has 26 heavy (non-hydrogen) atoms. The van der Waals surface area contributed by atoms with Gasteiger partial charge in [0, 0.05) is 11.1 Å². The number of nitrogens with one attached hydrogen (secondary N) is 1. The van der Waals surface area contributed by atoms with Crippen molar-refractivity contribution >= 4 is 12.1 Å². The predicted molar refractivity (Wildman–Crippen MR) is 104 cm³/mol. The smallest absolute Gasteiger partial charge is 0.271 e. The molecule has 0 bridgehead atoms. The zero-order valence-electron chi connectivity index (χ0n) is 16.0. The third kappa shape index (κ3) is 4.85. The van der Waals surface area contributed by atoms with Crippen molar-refractivity contribution < 1.29 is 14.3 Å². The first kappa shape index (κ1) is 19.5. The van der Waals surface area contributed by atoms with E-state index in [-0.39, 0.29) is 11.3 Å².